The second-order valence-electron chi connectivity index (χ2n) is 10.7. The molecule has 0 fully saturated rings. The molecule has 0 radical (unpaired) electrons. The molecule has 0 N–H and O–H groups in total. The van der Waals surface area contributed by atoms with E-state index in [1.807, 2.05) is 0 Å². The van der Waals surface area contributed by atoms with Gasteiger partial charge in [-0.15, -0.1) is 81.9 Å². The zero-order valence-corrected chi connectivity index (χ0v) is 25.6. The second-order valence-corrected chi connectivity index (χ2v) is 20.7. The summed E-state index contributed by atoms with van der Waals surface area (Å²) in [5, 5.41) is 0. The maximum absolute atomic E-state index is 2.41. The van der Waals surface area contributed by atoms with Gasteiger partial charge in [0, 0.05) is 16.1 Å². The fraction of sp³-hybridized carbons (Fsp3) is 0.188. The van der Waals surface area contributed by atoms with Gasteiger partial charge < -0.3 is 0 Å². The zero-order chi connectivity index (χ0) is 24.6. The maximum Gasteiger partial charge on any atom is 2.00 e. The van der Waals surface area contributed by atoms with Crippen LogP contribution in [-0.2, 0) is 21.7 Å². The standard InChI is InChI=1S/2C16H19Si.Ti/c2*1-17(2,3)16(14-10-6-4-7-11-14)15-12-8-5-9-13-15;/h2*4-13H,1-3H3;/q2*-1;+2. The second kappa shape index (κ2) is 13.2. The molecular formula is C32H38Si2Ti. The van der Waals surface area contributed by atoms with Crippen molar-refractivity contribution < 1.29 is 21.7 Å². The quantitative estimate of drug-likeness (QED) is 0.174. The molecule has 0 amide bonds. The predicted octanol–water partition coefficient (Wildman–Crippen LogP) is 9.07. The molecule has 0 bridgehead atoms. The summed E-state index contributed by atoms with van der Waals surface area (Å²) in [6.45, 7) is 14.4. The van der Waals surface area contributed by atoms with Crippen LogP contribution in [0.2, 0.25) is 39.3 Å². The Morgan fingerprint density at radius 2 is 0.514 bits per heavy atom. The van der Waals surface area contributed by atoms with Crippen molar-refractivity contribution in [2.24, 2.45) is 0 Å². The molecule has 4 aromatic rings. The van der Waals surface area contributed by atoms with E-state index in [0.717, 1.165) is 0 Å². The Morgan fingerprint density at radius 3 is 0.657 bits per heavy atom. The van der Waals surface area contributed by atoms with Crippen LogP contribution in [0.1, 0.15) is 22.3 Å². The van der Waals surface area contributed by atoms with Crippen molar-refractivity contribution in [2.75, 3.05) is 0 Å². The van der Waals surface area contributed by atoms with Crippen molar-refractivity contribution in [3.63, 3.8) is 0 Å². The van der Waals surface area contributed by atoms with Crippen LogP contribution in [0.15, 0.2) is 121 Å². The van der Waals surface area contributed by atoms with Crippen LogP contribution in [0.5, 0.6) is 0 Å². The molecule has 0 aliphatic heterocycles. The van der Waals surface area contributed by atoms with Crippen LogP contribution in [-0.4, -0.2) is 16.1 Å². The first-order chi connectivity index (χ1) is 16.2. The molecule has 0 atom stereocenters. The summed E-state index contributed by atoms with van der Waals surface area (Å²) in [7, 11) is -2.70. The van der Waals surface area contributed by atoms with E-state index in [4.69, 9.17) is 0 Å². The summed E-state index contributed by atoms with van der Waals surface area (Å²) in [6, 6.07) is 43.1. The van der Waals surface area contributed by atoms with E-state index in [2.05, 4.69) is 161 Å². The van der Waals surface area contributed by atoms with E-state index < -0.39 is 16.1 Å². The number of rotatable bonds is 6. The number of benzene rings is 4. The zero-order valence-electron chi connectivity index (χ0n) is 22.0. The Labute approximate surface area is 230 Å². The van der Waals surface area contributed by atoms with Gasteiger partial charge in [-0.3, -0.25) is 0 Å². The Kier molecular flexibility index (Phi) is 10.9. The van der Waals surface area contributed by atoms with Gasteiger partial charge in [0.25, 0.3) is 0 Å². The minimum Gasteiger partial charge on any atom is -0.122 e. The topological polar surface area (TPSA) is 0 Å². The molecule has 0 saturated carbocycles. The average Bonchev–Trinajstić information content (AvgIpc) is 2.81. The van der Waals surface area contributed by atoms with Crippen molar-refractivity contribution in [2.45, 2.75) is 39.3 Å². The van der Waals surface area contributed by atoms with Gasteiger partial charge in [0.15, 0.2) is 0 Å². The molecule has 4 rings (SSSR count). The Balaban J connectivity index is 0.000000240. The van der Waals surface area contributed by atoms with E-state index in [0.29, 0.717) is 0 Å². The molecule has 0 nitrogen and oxygen atoms in total. The summed E-state index contributed by atoms with van der Waals surface area (Å²) >= 11 is 0. The summed E-state index contributed by atoms with van der Waals surface area (Å²) in [5.41, 5.74) is 8.57. The molecule has 0 aliphatic rings. The third kappa shape index (κ3) is 8.44. The van der Waals surface area contributed by atoms with Crippen molar-refractivity contribution in [1.82, 2.24) is 0 Å². The van der Waals surface area contributed by atoms with Crippen LogP contribution in [0.4, 0.5) is 0 Å². The largest absolute Gasteiger partial charge is 2.00 e. The van der Waals surface area contributed by atoms with Crippen LogP contribution >= 0.6 is 0 Å². The van der Waals surface area contributed by atoms with E-state index >= 15 is 0 Å². The first kappa shape index (κ1) is 29.0. The molecule has 0 aromatic heterocycles. The molecular weight excluding hydrogens is 488 g/mol. The molecule has 0 saturated heterocycles. The maximum atomic E-state index is 2.41. The van der Waals surface area contributed by atoms with Gasteiger partial charge in [-0.05, 0) is 0 Å². The fourth-order valence-corrected chi connectivity index (χ4v) is 8.62. The summed E-state index contributed by atoms with van der Waals surface area (Å²) < 4.78 is 0. The monoisotopic (exact) mass is 526 g/mol. The first-order valence-electron chi connectivity index (χ1n) is 12.1. The van der Waals surface area contributed by atoms with E-state index in [-0.39, 0.29) is 21.7 Å². The summed E-state index contributed by atoms with van der Waals surface area (Å²) in [4.78, 5) is 0. The minimum absolute atomic E-state index is 0. The van der Waals surface area contributed by atoms with Crippen LogP contribution in [0.25, 0.3) is 0 Å². The molecule has 0 heterocycles. The number of hydrogen-bond acceptors (Lipinski definition) is 0. The Hall–Kier alpha value is -2.23. The van der Waals surface area contributed by atoms with Gasteiger partial charge in [-0.25, -0.2) is 0 Å². The Bertz CT molecular complexity index is 928. The molecule has 0 spiro atoms. The van der Waals surface area contributed by atoms with Crippen molar-refractivity contribution in [1.29, 1.82) is 0 Å². The SMILES string of the molecule is C[Si](C)(C)[C-](c1ccccc1)c1ccccc1.C[Si](C)(C)[C-](c1ccccc1)c1ccccc1.[Ti+2]. The molecule has 3 heteroatoms. The molecule has 178 valence electrons. The van der Waals surface area contributed by atoms with Gasteiger partial charge in [-0.2, -0.15) is 0 Å². The van der Waals surface area contributed by atoms with Gasteiger partial charge in [-0.1, -0.05) is 112 Å². The van der Waals surface area contributed by atoms with Crippen LogP contribution < -0.4 is 0 Å². The summed E-state index contributed by atoms with van der Waals surface area (Å²) in [6.07, 6.45) is 0. The van der Waals surface area contributed by atoms with Crippen LogP contribution in [0, 0.1) is 11.1 Å². The van der Waals surface area contributed by atoms with E-state index in [1.165, 1.54) is 22.3 Å². The third-order valence-electron chi connectivity index (χ3n) is 5.75. The van der Waals surface area contributed by atoms with Crippen molar-refractivity contribution in [3.05, 3.63) is 155 Å². The smallest absolute Gasteiger partial charge is 0.122 e. The predicted molar refractivity (Wildman–Crippen MR) is 155 cm³/mol. The van der Waals surface area contributed by atoms with E-state index in [1.54, 1.807) is 11.1 Å². The number of hydrogen-bond donors (Lipinski definition) is 0. The van der Waals surface area contributed by atoms with Crippen molar-refractivity contribution >= 4 is 16.1 Å². The van der Waals surface area contributed by atoms with Gasteiger partial charge in [0.1, 0.15) is 0 Å². The first-order valence-corrected chi connectivity index (χ1v) is 19.1. The van der Waals surface area contributed by atoms with Gasteiger partial charge in [0.2, 0.25) is 0 Å². The minimum atomic E-state index is -1.35. The fourth-order valence-electron chi connectivity index (χ4n) is 4.48. The molecule has 35 heavy (non-hydrogen) atoms. The summed E-state index contributed by atoms with van der Waals surface area (Å²) in [5.74, 6) is 0. The van der Waals surface area contributed by atoms with Crippen molar-refractivity contribution in [3.8, 4) is 0 Å². The Morgan fingerprint density at radius 1 is 0.343 bits per heavy atom. The van der Waals surface area contributed by atoms with E-state index in [9.17, 15) is 0 Å². The molecule has 0 aliphatic carbocycles. The van der Waals surface area contributed by atoms with Gasteiger partial charge in [0.05, 0.1) is 0 Å². The van der Waals surface area contributed by atoms with Crippen LogP contribution in [0.3, 0.4) is 0 Å². The third-order valence-corrected chi connectivity index (χ3v) is 9.90. The normalized spacial score (nSPS) is 10.9. The molecule has 0 unspecified atom stereocenters. The molecule has 4 aromatic carbocycles. The average molecular weight is 527 g/mol. The van der Waals surface area contributed by atoms with Gasteiger partial charge >= 0.3 is 21.7 Å².